The van der Waals surface area contributed by atoms with Crippen molar-refractivity contribution in [2.45, 2.75) is 33.0 Å². The van der Waals surface area contributed by atoms with E-state index in [2.05, 4.69) is 25.2 Å². The Kier molecular flexibility index (Phi) is 7.31. The van der Waals surface area contributed by atoms with Gasteiger partial charge < -0.3 is 14.8 Å². The SMILES string of the molecule is COC(CNCC(C)(C)CCC#N)OC. The van der Waals surface area contributed by atoms with Gasteiger partial charge in [-0.25, -0.2) is 0 Å². The van der Waals surface area contributed by atoms with E-state index >= 15 is 0 Å². The highest BCUT2D eigenvalue weighted by Crippen LogP contribution is 2.20. The highest BCUT2D eigenvalue weighted by Gasteiger charge is 2.17. The number of ether oxygens (including phenoxy) is 2. The largest absolute Gasteiger partial charge is 0.355 e. The highest BCUT2D eigenvalue weighted by molar-refractivity contribution is 4.78. The molecule has 0 fully saturated rings. The van der Waals surface area contributed by atoms with E-state index in [1.54, 1.807) is 14.2 Å². The Balaban J connectivity index is 3.69. The van der Waals surface area contributed by atoms with Gasteiger partial charge in [0.25, 0.3) is 0 Å². The van der Waals surface area contributed by atoms with Gasteiger partial charge in [-0.05, 0) is 11.8 Å². The standard InChI is InChI=1S/C11H22N2O2/c1-11(2,6-5-7-12)9-13-8-10(14-3)15-4/h10,13H,5-6,8-9H2,1-4H3. The van der Waals surface area contributed by atoms with Crippen molar-refractivity contribution in [1.29, 1.82) is 5.26 Å². The van der Waals surface area contributed by atoms with Gasteiger partial charge in [-0.1, -0.05) is 13.8 Å². The smallest absolute Gasteiger partial charge is 0.169 e. The van der Waals surface area contributed by atoms with E-state index < -0.39 is 0 Å². The summed E-state index contributed by atoms with van der Waals surface area (Å²) in [5, 5.41) is 11.8. The van der Waals surface area contributed by atoms with E-state index in [4.69, 9.17) is 14.7 Å². The zero-order chi connectivity index (χ0) is 11.7. The van der Waals surface area contributed by atoms with Crippen LogP contribution < -0.4 is 5.32 Å². The number of nitrogens with one attached hydrogen (secondary N) is 1. The maximum atomic E-state index is 8.51. The molecule has 4 nitrogen and oxygen atoms in total. The fraction of sp³-hybridized carbons (Fsp3) is 0.909. The molecule has 0 heterocycles. The van der Waals surface area contributed by atoms with Crippen molar-refractivity contribution >= 4 is 0 Å². The van der Waals surface area contributed by atoms with Crippen molar-refractivity contribution in [3.8, 4) is 6.07 Å². The van der Waals surface area contributed by atoms with Crippen LogP contribution >= 0.6 is 0 Å². The topological polar surface area (TPSA) is 54.3 Å². The molecule has 0 saturated heterocycles. The molecule has 15 heavy (non-hydrogen) atoms. The van der Waals surface area contributed by atoms with Gasteiger partial charge in [-0.3, -0.25) is 0 Å². The first-order valence-corrected chi connectivity index (χ1v) is 5.19. The zero-order valence-corrected chi connectivity index (χ0v) is 10.2. The minimum atomic E-state index is -0.197. The van der Waals surface area contributed by atoms with Gasteiger partial charge in [0.05, 0.1) is 6.07 Å². The predicted octanol–water partition coefficient (Wildman–Crippen LogP) is 1.52. The molecule has 0 aliphatic carbocycles. The summed E-state index contributed by atoms with van der Waals surface area (Å²) in [6, 6.07) is 2.17. The molecular formula is C11H22N2O2. The summed E-state index contributed by atoms with van der Waals surface area (Å²) in [6.07, 6.45) is 1.31. The second kappa shape index (κ2) is 7.63. The normalized spacial score (nSPS) is 11.7. The molecule has 1 N–H and O–H groups in total. The number of nitrogens with zero attached hydrogens (tertiary/aromatic N) is 1. The lowest BCUT2D eigenvalue weighted by atomic mass is 9.88. The Hall–Kier alpha value is -0.630. The number of rotatable bonds is 8. The molecule has 0 atom stereocenters. The zero-order valence-electron chi connectivity index (χ0n) is 10.2. The first-order chi connectivity index (χ1) is 7.05. The molecule has 0 aromatic carbocycles. The predicted molar refractivity (Wildman–Crippen MR) is 59.3 cm³/mol. The molecule has 0 aliphatic heterocycles. The average Bonchev–Trinajstić information content (AvgIpc) is 2.22. The van der Waals surface area contributed by atoms with Gasteiger partial charge in [-0.2, -0.15) is 5.26 Å². The molecule has 4 heteroatoms. The first-order valence-electron chi connectivity index (χ1n) is 5.19. The Morgan fingerprint density at radius 1 is 1.33 bits per heavy atom. The van der Waals surface area contributed by atoms with Crippen molar-refractivity contribution in [3.63, 3.8) is 0 Å². The lowest BCUT2D eigenvalue weighted by Gasteiger charge is -2.25. The van der Waals surface area contributed by atoms with E-state index in [1.165, 1.54) is 0 Å². The third-order valence-corrected chi connectivity index (χ3v) is 2.35. The minimum Gasteiger partial charge on any atom is -0.355 e. The molecule has 0 rings (SSSR count). The molecule has 0 aliphatic rings. The Morgan fingerprint density at radius 2 is 1.93 bits per heavy atom. The third kappa shape index (κ3) is 7.32. The third-order valence-electron chi connectivity index (χ3n) is 2.35. The van der Waals surface area contributed by atoms with Crippen molar-refractivity contribution in [1.82, 2.24) is 5.32 Å². The highest BCUT2D eigenvalue weighted by atomic mass is 16.7. The van der Waals surface area contributed by atoms with Gasteiger partial charge in [0.1, 0.15) is 0 Å². The molecular weight excluding hydrogens is 192 g/mol. The summed E-state index contributed by atoms with van der Waals surface area (Å²) in [5.74, 6) is 0. The van der Waals surface area contributed by atoms with Gasteiger partial charge in [0.15, 0.2) is 6.29 Å². The molecule has 0 unspecified atom stereocenters. The minimum absolute atomic E-state index is 0.141. The van der Waals surface area contributed by atoms with Crippen LogP contribution in [-0.4, -0.2) is 33.6 Å². The second-order valence-corrected chi connectivity index (χ2v) is 4.35. The van der Waals surface area contributed by atoms with E-state index in [0.29, 0.717) is 13.0 Å². The molecule has 88 valence electrons. The van der Waals surface area contributed by atoms with Crippen LogP contribution in [0.3, 0.4) is 0 Å². The molecule has 0 radical (unpaired) electrons. The number of hydrogen-bond acceptors (Lipinski definition) is 4. The van der Waals surface area contributed by atoms with E-state index in [-0.39, 0.29) is 11.7 Å². The summed E-state index contributed by atoms with van der Waals surface area (Å²) in [6.45, 7) is 5.82. The van der Waals surface area contributed by atoms with Crippen LogP contribution in [0.4, 0.5) is 0 Å². The van der Waals surface area contributed by atoms with Crippen LogP contribution in [-0.2, 0) is 9.47 Å². The van der Waals surface area contributed by atoms with E-state index in [9.17, 15) is 0 Å². The van der Waals surface area contributed by atoms with Crippen LogP contribution in [0, 0.1) is 16.7 Å². The van der Waals surface area contributed by atoms with Crippen molar-refractivity contribution in [2.24, 2.45) is 5.41 Å². The number of hydrogen-bond donors (Lipinski definition) is 1. The van der Waals surface area contributed by atoms with Gasteiger partial charge in [0, 0.05) is 33.7 Å². The Bertz CT molecular complexity index is 195. The van der Waals surface area contributed by atoms with E-state index in [0.717, 1.165) is 13.0 Å². The molecule has 0 amide bonds. The number of methoxy groups -OCH3 is 2. The van der Waals surface area contributed by atoms with Crippen LogP contribution in [0.1, 0.15) is 26.7 Å². The Morgan fingerprint density at radius 3 is 2.40 bits per heavy atom. The monoisotopic (exact) mass is 214 g/mol. The summed E-state index contributed by atoms with van der Waals surface area (Å²) < 4.78 is 10.1. The van der Waals surface area contributed by atoms with Crippen molar-refractivity contribution in [2.75, 3.05) is 27.3 Å². The van der Waals surface area contributed by atoms with Gasteiger partial charge in [-0.15, -0.1) is 0 Å². The van der Waals surface area contributed by atoms with E-state index in [1.807, 2.05) is 0 Å². The fourth-order valence-electron chi connectivity index (χ4n) is 1.27. The lowest BCUT2D eigenvalue weighted by Crippen LogP contribution is -2.36. The molecule has 0 aromatic rings. The lowest BCUT2D eigenvalue weighted by molar-refractivity contribution is -0.0993. The molecule has 0 saturated carbocycles. The van der Waals surface area contributed by atoms with Gasteiger partial charge in [0.2, 0.25) is 0 Å². The maximum absolute atomic E-state index is 8.51. The first kappa shape index (κ1) is 14.4. The van der Waals surface area contributed by atoms with Crippen LogP contribution in [0.2, 0.25) is 0 Å². The second-order valence-electron chi connectivity index (χ2n) is 4.35. The van der Waals surface area contributed by atoms with Crippen molar-refractivity contribution in [3.05, 3.63) is 0 Å². The summed E-state index contributed by atoms with van der Waals surface area (Å²) in [5.41, 5.74) is 0.141. The van der Waals surface area contributed by atoms with Crippen LogP contribution in [0.5, 0.6) is 0 Å². The van der Waals surface area contributed by atoms with Gasteiger partial charge >= 0.3 is 0 Å². The summed E-state index contributed by atoms with van der Waals surface area (Å²) >= 11 is 0. The quantitative estimate of drug-likeness (QED) is 0.622. The Labute approximate surface area is 92.6 Å². The van der Waals surface area contributed by atoms with Crippen LogP contribution in [0.25, 0.3) is 0 Å². The van der Waals surface area contributed by atoms with Crippen molar-refractivity contribution < 1.29 is 9.47 Å². The summed E-state index contributed by atoms with van der Waals surface area (Å²) in [7, 11) is 3.24. The summed E-state index contributed by atoms with van der Waals surface area (Å²) in [4.78, 5) is 0. The molecule has 0 bridgehead atoms. The maximum Gasteiger partial charge on any atom is 0.169 e. The number of nitriles is 1. The average molecular weight is 214 g/mol. The molecule has 0 aromatic heterocycles. The fourth-order valence-corrected chi connectivity index (χ4v) is 1.27. The molecule has 0 spiro atoms. The van der Waals surface area contributed by atoms with Crippen LogP contribution in [0.15, 0.2) is 0 Å².